The summed E-state index contributed by atoms with van der Waals surface area (Å²) in [5.41, 5.74) is 0.900. The van der Waals surface area contributed by atoms with Crippen LogP contribution in [0.3, 0.4) is 0 Å². The first-order chi connectivity index (χ1) is 19.2. The standard InChI is InChI=1S/C31H34O10/c1-19(2)26(32)37-12-13-38-28(34)23-16-22(21-8-10-25(11-9-21)41-27(33)20(3)4)17-24(18-23)29(35)39-14-15-40-30(36)31(5,6)7/h8-11,16-18H,1,3,12-15H2,2,4-7H3. The fourth-order valence-electron chi connectivity index (χ4n) is 2.98. The lowest BCUT2D eigenvalue weighted by molar-refractivity contribution is -0.154. The minimum Gasteiger partial charge on any atom is -0.462 e. The van der Waals surface area contributed by atoms with Crippen LogP contribution in [0, 0.1) is 5.41 Å². The van der Waals surface area contributed by atoms with Crippen LogP contribution in [0.4, 0.5) is 0 Å². The van der Waals surface area contributed by atoms with Gasteiger partial charge in [-0.05, 0) is 76.1 Å². The van der Waals surface area contributed by atoms with Crippen molar-refractivity contribution in [3.63, 3.8) is 0 Å². The Kier molecular flexibility index (Phi) is 11.6. The van der Waals surface area contributed by atoms with E-state index in [2.05, 4.69) is 13.2 Å². The van der Waals surface area contributed by atoms with E-state index in [1.54, 1.807) is 45.0 Å². The van der Waals surface area contributed by atoms with Crippen LogP contribution in [0.25, 0.3) is 11.1 Å². The lowest BCUT2D eigenvalue weighted by Crippen LogP contribution is -2.25. The molecular formula is C31H34O10. The number of hydrogen-bond donors (Lipinski definition) is 0. The normalized spacial score (nSPS) is 10.7. The molecule has 0 saturated heterocycles. The minimum absolute atomic E-state index is 0.0395. The number of carbonyl (C=O) groups excluding carboxylic acids is 5. The molecule has 0 aliphatic rings. The maximum Gasteiger partial charge on any atom is 0.338 e. The fraction of sp³-hybridized carbons (Fsp3) is 0.323. The average Bonchev–Trinajstić information content (AvgIpc) is 2.92. The van der Waals surface area contributed by atoms with Gasteiger partial charge in [-0.2, -0.15) is 0 Å². The Bertz CT molecular complexity index is 1330. The molecule has 0 atom stereocenters. The van der Waals surface area contributed by atoms with E-state index in [1.807, 2.05) is 0 Å². The maximum atomic E-state index is 12.8. The number of hydrogen-bond acceptors (Lipinski definition) is 10. The molecule has 2 rings (SSSR count). The van der Waals surface area contributed by atoms with E-state index in [1.165, 1.54) is 32.0 Å². The molecular weight excluding hydrogens is 532 g/mol. The van der Waals surface area contributed by atoms with Gasteiger partial charge in [-0.3, -0.25) is 4.79 Å². The van der Waals surface area contributed by atoms with Gasteiger partial charge >= 0.3 is 29.8 Å². The molecule has 0 aromatic heterocycles. The molecule has 0 heterocycles. The van der Waals surface area contributed by atoms with Crippen molar-refractivity contribution in [3.8, 4) is 16.9 Å². The zero-order valence-electron chi connectivity index (χ0n) is 23.9. The van der Waals surface area contributed by atoms with Crippen molar-refractivity contribution in [2.24, 2.45) is 5.41 Å². The van der Waals surface area contributed by atoms with Gasteiger partial charge in [0.05, 0.1) is 16.5 Å². The third-order valence-electron chi connectivity index (χ3n) is 5.21. The Hall–Kier alpha value is -4.73. The second-order valence-corrected chi connectivity index (χ2v) is 10.1. The first-order valence-corrected chi connectivity index (χ1v) is 12.7. The highest BCUT2D eigenvalue weighted by Gasteiger charge is 2.23. The molecule has 0 unspecified atom stereocenters. The van der Waals surface area contributed by atoms with E-state index in [4.69, 9.17) is 23.7 Å². The predicted octanol–water partition coefficient (Wildman–Crippen LogP) is 4.86. The quantitative estimate of drug-likeness (QED) is 0.115. The van der Waals surface area contributed by atoms with E-state index < -0.39 is 35.3 Å². The van der Waals surface area contributed by atoms with Gasteiger partial charge in [-0.1, -0.05) is 25.3 Å². The number of benzene rings is 2. The molecule has 2 aromatic carbocycles. The Morgan fingerprint density at radius 3 is 1.56 bits per heavy atom. The summed E-state index contributed by atoms with van der Waals surface area (Å²) in [5, 5.41) is 0. The van der Waals surface area contributed by atoms with Crippen LogP contribution in [0.5, 0.6) is 5.75 Å². The molecule has 0 aliphatic carbocycles. The topological polar surface area (TPSA) is 132 Å². The van der Waals surface area contributed by atoms with Crippen molar-refractivity contribution in [1.82, 2.24) is 0 Å². The summed E-state index contributed by atoms with van der Waals surface area (Å²) in [7, 11) is 0. The first kappa shape index (κ1) is 32.5. The average molecular weight is 567 g/mol. The molecule has 0 amide bonds. The van der Waals surface area contributed by atoms with E-state index in [0.29, 0.717) is 11.1 Å². The fourth-order valence-corrected chi connectivity index (χ4v) is 2.98. The monoisotopic (exact) mass is 566 g/mol. The van der Waals surface area contributed by atoms with Crippen molar-refractivity contribution in [1.29, 1.82) is 0 Å². The largest absolute Gasteiger partial charge is 0.462 e. The smallest absolute Gasteiger partial charge is 0.338 e. The molecule has 2 aromatic rings. The summed E-state index contributed by atoms with van der Waals surface area (Å²) in [4.78, 5) is 60.9. The lowest BCUT2D eigenvalue weighted by atomic mass is 9.97. The van der Waals surface area contributed by atoms with Crippen molar-refractivity contribution in [3.05, 3.63) is 77.9 Å². The second-order valence-electron chi connectivity index (χ2n) is 10.1. The van der Waals surface area contributed by atoms with Gasteiger partial charge in [-0.25, -0.2) is 19.2 Å². The molecule has 10 nitrogen and oxygen atoms in total. The number of carbonyl (C=O) groups is 5. The van der Waals surface area contributed by atoms with Crippen molar-refractivity contribution < 1.29 is 47.7 Å². The van der Waals surface area contributed by atoms with Gasteiger partial charge in [0.2, 0.25) is 0 Å². The molecule has 0 saturated carbocycles. The molecule has 0 radical (unpaired) electrons. The first-order valence-electron chi connectivity index (χ1n) is 12.7. The Balaban J connectivity index is 2.23. The van der Waals surface area contributed by atoms with Gasteiger partial charge in [0.1, 0.15) is 32.2 Å². The van der Waals surface area contributed by atoms with Gasteiger partial charge < -0.3 is 23.7 Å². The van der Waals surface area contributed by atoms with Crippen LogP contribution in [0.15, 0.2) is 66.8 Å². The predicted molar refractivity (Wildman–Crippen MR) is 149 cm³/mol. The van der Waals surface area contributed by atoms with Gasteiger partial charge in [0.25, 0.3) is 0 Å². The highest BCUT2D eigenvalue weighted by Crippen LogP contribution is 2.26. The van der Waals surface area contributed by atoms with E-state index in [0.717, 1.165) is 0 Å². The van der Waals surface area contributed by atoms with E-state index >= 15 is 0 Å². The Morgan fingerprint density at radius 1 is 0.634 bits per heavy atom. The third-order valence-corrected chi connectivity index (χ3v) is 5.21. The summed E-state index contributed by atoms with van der Waals surface area (Å²) in [6.07, 6.45) is 0. The van der Waals surface area contributed by atoms with Crippen molar-refractivity contribution >= 4 is 29.8 Å². The Morgan fingerprint density at radius 2 is 1.10 bits per heavy atom. The van der Waals surface area contributed by atoms with Gasteiger partial charge in [0.15, 0.2) is 0 Å². The molecule has 10 heteroatoms. The van der Waals surface area contributed by atoms with Crippen LogP contribution in [0.1, 0.15) is 55.3 Å². The van der Waals surface area contributed by atoms with Crippen LogP contribution >= 0.6 is 0 Å². The van der Waals surface area contributed by atoms with Gasteiger partial charge in [0, 0.05) is 11.1 Å². The zero-order chi connectivity index (χ0) is 30.7. The SMILES string of the molecule is C=C(C)C(=O)OCCOC(=O)c1cc(C(=O)OCCOC(=O)C(C)(C)C)cc(-c2ccc(OC(=O)C(=C)C)cc2)c1. The summed E-state index contributed by atoms with van der Waals surface area (Å²) in [6.45, 7) is 14.4. The van der Waals surface area contributed by atoms with Crippen molar-refractivity contribution in [2.45, 2.75) is 34.6 Å². The third kappa shape index (κ3) is 10.4. The highest BCUT2D eigenvalue weighted by atomic mass is 16.6. The number of rotatable bonds is 12. The molecule has 0 bridgehead atoms. The van der Waals surface area contributed by atoms with Crippen LogP contribution < -0.4 is 4.74 Å². The summed E-state index contributed by atoms with van der Waals surface area (Å²) in [5.74, 6) is -2.86. The molecule has 218 valence electrons. The Labute approximate surface area is 238 Å². The summed E-state index contributed by atoms with van der Waals surface area (Å²) < 4.78 is 25.7. The zero-order valence-corrected chi connectivity index (χ0v) is 23.9. The molecule has 0 aliphatic heterocycles. The number of ether oxygens (including phenoxy) is 5. The minimum atomic E-state index is -0.765. The molecule has 41 heavy (non-hydrogen) atoms. The second kappa shape index (κ2) is 14.6. The van der Waals surface area contributed by atoms with Crippen molar-refractivity contribution in [2.75, 3.05) is 26.4 Å². The number of esters is 5. The molecule has 0 spiro atoms. The molecule has 0 N–H and O–H groups in total. The lowest BCUT2D eigenvalue weighted by Gasteiger charge is -2.16. The van der Waals surface area contributed by atoms with Gasteiger partial charge in [-0.15, -0.1) is 0 Å². The maximum absolute atomic E-state index is 12.8. The molecule has 0 fully saturated rings. The van der Waals surface area contributed by atoms with E-state index in [9.17, 15) is 24.0 Å². The van der Waals surface area contributed by atoms with Crippen LogP contribution in [0.2, 0.25) is 0 Å². The van der Waals surface area contributed by atoms with Crippen LogP contribution in [-0.4, -0.2) is 56.3 Å². The highest BCUT2D eigenvalue weighted by molar-refractivity contribution is 5.97. The van der Waals surface area contributed by atoms with E-state index in [-0.39, 0.29) is 54.5 Å². The summed E-state index contributed by atoms with van der Waals surface area (Å²) >= 11 is 0. The summed E-state index contributed by atoms with van der Waals surface area (Å²) in [6, 6.07) is 10.7. The van der Waals surface area contributed by atoms with Crippen LogP contribution in [-0.2, 0) is 33.3 Å².